The van der Waals surface area contributed by atoms with Crippen LogP contribution in [-0.4, -0.2) is 48.0 Å². The van der Waals surface area contributed by atoms with Crippen LogP contribution < -0.4 is 0 Å². The van der Waals surface area contributed by atoms with Crippen LogP contribution in [0, 0.1) is 5.41 Å². The van der Waals surface area contributed by atoms with Gasteiger partial charge in [0.25, 0.3) is 0 Å². The SMILES string of the molecule is CC(C)c1ncc(CN2CCC3(CCCN(C)C3)C2)s1. The minimum Gasteiger partial charge on any atom is -0.306 e. The molecule has 1 spiro atoms. The molecule has 20 heavy (non-hydrogen) atoms. The Labute approximate surface area is 127 Å². The average Bonchev–Trinajstić information content (AvgIpc) is 2.98. The van der Waals surface area contributed by atoms with E-state index in [1.165, 1.54) is 55.3 Å². The Morgan fingerprint density at radius 1 is 1.30 bits per heavy atom. The van der Waals surface area contributed by atoms with Gasteiger partial charge in [-0.3, -0.25) is 4.90 Å². The van der Waals surface area contributed by atoms with Crippen LogP contribution in [0.5, 0.6) is 0 Å². The third-order valence-corrected chi connectivity index (χ3v) is 6.10. The van der Waals surface area contributed by atoms with Gasteiger partial charge >= 0.3 is 0 Å². The molecule has 2 aliphatic heterocycles. The maximum Gasteiger partial charge on any atom is 0.0953 e. The largest absolute Gasteiger partial charge is 0.306 e. The van der Waals surface area contributed by atoms with E-state index in [1.54, 1.807) is 0 Å². The van der Waals surface area contributed by atoms with Crippen LogP contribution in [-0.2, 0) is 6.54 Å². The zero-order valence-electron chi connectivity index (χ0n) is 13.1. The van der Waals surface area contributed by atoms with Crippen molar-refractivity contribution in [2.45, 2.75) is 45.6 Å². The summed E-state index contributed by atoms with van der Waals surface area (Å²) >= 11 is 1.90. The van der Waals surface area contributed by atoms with Crippen LogP contribution in [0.1, 0.15) is 48.9 Å². The van der Waals surface area contributed by atoms with Gasteiger partial charge in [0, 0.05) is 36.6 Å². The van der Waals surface area contributed by atoms with Crippen molar-refractivity contribution in [1.82, 2.24) is 14.8 Å². The molecule has 0 aliphatic carbocycles. The lowest BCUT2D eigenvalue weighted by Crippen LogP contribution is -2.42. The van der Waals surface area contributed by atoms with E-state index in [1.807, 2.05) is 11.3 Å². The molecule has 2 saturated heterocycles. The minimum atomic E-state index is 0.561. The number of rotatable bonds is 3. The minimum absolute atomic E-state index is 0.561. The fourth-order valence-electron chi connectivity index (χ4n) is 3.83. The van der Waals surface area contributed by atoms with E-state index in [-0.39, 0.29) is 0 Å². The Morgan fingerprint density at radius 2 is 2.15 bits per heavy atom. The maximum atomic E-state index is 4.56. The van der Waals surface area contributed by atoms with Gasteiger partial charge in [0.05, 0.1) is 5.01 Å². The molecule has 2 fully saturated rings. The summed E-state index contributed by atoms with van der Waals surface area (Å²) in [7, 11) is 2.28. The fourth-order valence-corrected chi connectivity index (χ4v) is 4.80. The van der Waals surface area contributed by atoms with Gasteiger partial charge in [-0.05, 0) is 44.8 Å². The predicted molar refractivity (Wildman–Crippen MR) is 85.3 cm³/mol. The molecule has 0 bridgehead atoms. The topological polar surface area (TPSA) is 19.4 Å². The summed E-state index contributed by atoms with van der Waals surface area (Å²) in [5.41, 5.74) is 0.582. The number of nitrogens with zero attached hydrogens (tertiary/aromatic N) is 3. The second-order valence-corrected chi connectivity index (χ2v) is 8.27. The molecule has 112 valence electrons. The van der Waals surface area contributed by atoms with Crippen LogP contribution in [0.15, 0.2) is 6.20 Å². The number of likely N-dealkylation sites (tertiary alicyclic amines) is 2. The first-order valence-corrected chi connectivity index (χ1v) is 8.73. The third-order valence-electron chi connectivity index (χ3n) is 4.81. The van der Waals surface area contributed by atoms with Gasteiger partial charge in [0.2, 0.25) is 0 Å². The lowest BCUT2D eigenvalue weighted by molar-refractivity contribution is 0.112. The van der Waals surface area contributed by atoms with Crippen LogP contribution in [0.25, 0.3) is 0 Å². The monoisotopic (exact) mass is 293 g/mol. The fraction of sp³-hybridized carbons (Fsp3) is 0.812. The van der Waals surface area contributed by atoms with Crippen molar-refractivity contribution >= 4 is 11.3 Å². The number of aromatic nitrogens is 1. The molecule has 0 aromatic carbocycles. The summed E-state index contributed by atoms with van der Waals surface area (Å²) < 4.78 is 0. The van der Waals surface area contributed by atoms with Crippen molar-refractivity contribution in [3.05, 3.63) is 16.1 Å². The van der Waals surface area contributed by atoms with E-state index < -0.39 is 0 Å². The van der Waals surface area contributed by atoms with Gasteiger partial charge in [0.1, 0.15) is 0 Å². The molecule has 0 amide bonds. The molecular formula is C16H27N3S. The molecular weight excluding hydrogens is 266 g/mol. The quantitative estimate of drug-likeness (QED) is 0.853. The highest BCUT2D eigenvalue weighted by molar-refractivity contribution is 7.11. The lowest BCUT2D eigenvalue weighted by atomic mass is 9.79. The number of thiazole rings is 1. The molecule has 0 N–H and O–H groups in total. The summed E-state index contributed by atoms with van der Waals surface area (Å²) in [5.74, 6) is 0.561. The first-order chi connectivity index (χ1) is 9.56. The van der Waals surface area contributed by atoms with E-state index in [9.17, 15) is 0 Å². The Bertz CT molecular complexity index is 456. The second kappa shape index (κ2) is 5.74. The zero-order chi connectivity index (χ0) is 14.2. The Hall–Kier alpha value is -0.450. The van der Waals surface area contributed by atoms with Gasteiger partial charge in [-0.15, -0.1) is 11.3 Å². The van der Waals surface area contributed by atoms with Crippen LogP contribution in [0.4, 0.5) is 0 Å². The molecule has 3 heterocycles. The zero-order valence-corrected chi connectivity index (χ0v) is 13.9. The highest BCUT2D eigenvalue weighted by Crippen LogP contribution is 2.39. The Kier molecular flexibility index (Phi) is 4.16. The van der Waals surface area contributed by atoms with Crippen LogP contribution >= 0.6 is 11.3 Å². The summed E-state index contributed by atoms with van der Waals surface area (Å²) in [4.78, 5) is 11.2. The van der Waals surface area contributed by atoms with Crippen LogP contribution in [0.3, 0.4) is 0 Å². The normalized spacial score (nSPS) is 28.8. The van der Waals surface area contributed by atoms with Crippen molar-refractivity contribution in [2.24, 2.45) is 5.41 Å². The molecule has 0 saturated carbocycles. The highest BCUT2D eigenvalue weighted by Gasteiger charge is 2.40. The summed E-state index contributed by atoms with van der Waals surface area (Å²) in [6.45, 7) is 10.7. The van der Waals surface area contributed by atoms with Crippen molar-refractivity contribution in [3.63, 3.8) is 0 Å². The van der Waals surface area contributed by atoms with E-state index in [0.29, 0.717) is 11.3 Å². The molecule has 3 nitrogen and oxygen atoms in total. The molecule has 1 aromatic heterocycles. The number of piperidine rings is 1. The van der Waals surface area contributed by atoms with E-state index in [0.717, 1.165) is 6.54 Å². The molecule has 1 aromatic rings. The second-order valence-electron chi connectivity index (χ2n) is 7.12. The molecule has 4 heteroatoms. The molecule has 2 aliphatic rings. The smallest absolute Gasteiger partial charge is 0.0953 e. The standard InChI is InChI=1S/C16H27N3S/c1-13(2)15-17-9-14(20-15)10-19-8-6-16(12-19)5-4-7-18(3)11-16/h9,13H,4-8,10-12H2,1-3H3. The van der Waals surface area contributed by atoms with E-state index in [2.05, 4.69) is 41.9 Å². The van der Waals surface area contributed by atoms with Gasteiger partial charge in [-0.2, -0.15) is 0 Å². The maximum absolute atomic E-state index is 4.56. The van der Waals surface area contributed by atoms with Crippen molar-refractivity contribution in [1.29, 1.82) is 0 Å². The van der Waals surface area contributed by atoms with Gasteiger partial charge in [0.15, 0.2) is 0 Å². The van der Waals surface area contributed by atoms with Crippen LogP contribution in [0.2, 0.25) is 0 Å². The Balaban J connectivity index is 1.59. The lowest BCUT2D eigenvalue weighted by Gasteiger charge is -2.38. The van der Waals surface area contributed by atoms with Crippen molar-refractivity contribution in [3.8, 4) is 0 Å². The Morgan fingerprint density at radius 3 is 2.85 bits per heavy atom. The number of hydrogen-bond acceptors (Lipinski definition) is 4. The van der Waals surface area contributed by atoms with E-state index in [4.69, 9.17) is 0 Å². The van der Waals surface area contributed by atoms with Gasteiger partial charge < -0.3 is 4.90 Å². The van der Waals surface area contributed by atoms with Gasteiger partial charge in [-0.1, -0.05) is 13.8 Å². The predicted octanol–water partition coefficient (Wildman–Crippen LogP) is 3.18. The molecule has 0 radical (unpaired) electrons. The van der Waals surface area contributed by atoms with E-state index >= 15 is 0 Å². The highest BCUT2D eigenvalue weighted by atomic mass is 32.1. The molecule has 1 unspecified atom stereocenters. The average molecular weight is 293 g/mol. The first-order valence-electron chi connectivity index (χ1n) is 7.92. The molecule has 1 atom stereocenters. The van der Waals surface area contributed by atoms with Crippen molar-refractivity contribution < 1.29 is 0 Å². The third kappa shape index (κ3) is 3.07. The summed E-state index contributed by atoms with van der Waals surface area (Å²) in [6.07, 6.45) is 6.28. The van der Waals surface area contributed by atoms with Gasteiger partial charge in [-0.25, -0.2) is 4.98 Å². The number of hydrogen-bond donors (Lipinski definition) is 0. The molecule has 3 rings (SSSR count). The summed E-state index contributed by atoms with van der Waals surface area (Å²) in [6, 6.07) is 0. The first kappa shape index (κ1) is 14.5. The van der Waals surface area contributed by atoms with Crippen molar-refractivity contribution in [2.75, 3.05) is 33.2 Å². The summed E-state index contributed by atoms with van der Waals surface area (Å²) in [5, 5.41) is 1.28.